The Bertz CT molecular complexity index is 2890. The fourth-order valence-electron chi connectivity index (χ4n) is 7.38. The number of aromatic nitrogens is 2. The van der Waals surface area contributed by atoms with Crippen LogP contribution >= 0.6 is 23.5 Å². The number of aromatic hydroxyl groups is 2. The van der Waals surface area contributed by atoms with Crippen molar-refractivity contribution in [3.63, 3.8) is 0 Å². The quantitative estimate of drug-likeness (QED) is 0.0337. The zero-order valence-electron chi connectivity index (χ0n) is 34.0. The van der Waals surface area contributed by atoms with Crippen molar-refractivity contribution in [2.75, 3.05) is 19.7 Å². The predicted molar refractivity (Wildman–Crippen MR) is 223 cm³/mol. The Morgan fingerprint density at radius 3 is 2.23 bits per heavy atom. The van der Waals surface area contributed by atoms with Gasteiger partial charge in [0.1, 0.15) is 34.8 Å². The number of benzene rings is 3. The molecule has 2 unspecified atom stereocenters. The van der Waals surface area contributed by atoms with Crippen molar-refractivity contribution >= 4 is 41.3 Å². The molecular formula is C39H39N4O20P3. The van der Waals surface area contributed by atoms with Crippen molar-refractivity contribution in [3.05, 3.63) is 115 Å². The Balaban J connectivity index is 0.858. The van der Waals surface area contributed by atoms with Gasteiger partial charge in [-0.05, 0) is 68.1 Å². The van der Waals surface area contributed by atoms with Crippen molar-refractivity contribution in [3.8, 4) is 34.8 Å². The molecule has 2 amide bonds. The van der Waals surface area contributed by atoms with Crippen LogP contribution < -0.4 is 26.6 Å². The van der Waals surface area contributed by atoms with Gasteiger partial charge < -0.3 is 54.6 Å². The maximum absolute atomic E-state index is 13.3. The maximum Gasteiger partial charge on any atom is 0.490 e. The molecule has 1 saturated heterocycles. The molecule has 4 heterocycles. The molecule has 27 heteroatoms. The highest BCUT2D eigenvalue weighted by molar-refractivity contribution is 7.66. The van der Waals surface area contributed by atoms with Crippen molar-refractivity contribution < 1.29 is 85.2 Å². The van der Waals surface area contributed by atoms with E-state index in [0.717, 1.165) is 10.8 Å². The second-order valence-corrected chi connectivity index (χ2v) is 19.2. The third kappa shape index (κ3) is 11.0. The molecule has 3 aliphatic heterocycles. The smallest absolute Gasteiger partial charge is 0.490 e. The van der Waals surface area contributed by atoms with Crippen molar-refractivity contribution in [1.29, 1.82) is 0 Å². The Labute approximate surface area is 371 Å². The normalized spacial score (nSPS) is 18.6. The molecule has 350 valence electrons. The van der Waals surface area contributed by atoms with E-state index in [1.165, 1.54) is 36.4 Å². The Morgan fingerprint density at radius 2 is 1.55 bits per heavy atom. The fraction of sp³-hybridized carbons (Fsp3) is 0.308. The van der Waals surface area contributed by atoms with E-state index in [9.17, 15) is 57.7 Å². The minimum Gasteiger partial charge on any atom is -0.508 e. The molecule has 1 aromatic heterocycles. The summed E-state index contributed by atoms with van der Waals surface area (Å²) in [5.74, 6) is 4.00. The van der Waals surface area contributed by atoms with Gasteiger partial charge in [-0.3, -0.25) is 28.5 Å². The van der Waals surface area contributed by atoms with Gasteiger partial charge in [-0.25, -0.2) is 23.3 Å². The number of aromatic amines is 1. The van der Waals surface area contributed by atoms with Gasteiger partial charge >= 0.3 is 35.1 Å². The van der Waals surface area contributed by atoms with E-state index < -0.39 is 71.1 Å². The van der Waals surface area contributed by atoms with E-state index in [-0.39, 0.29) is 77.9 Å². The minimum absolute atomic E-state index is 0.0978. The number of hydrogen-bond acceptors (Lipinski definition) is 16. The molecule has 4 aromatic rings. The molecule has 1 fully saturated rings. The first-order chi connectivity index (χ1) is 31.1. The standard InChI is InChI=1S/C39H39N4O20P3/c44-24-8-12-28-31(18-24)60-32-19-25(45)9-13-29(32)39(28)30-17-22(7-11-27(30)37(49)61-39)35(47)41-15-3-1-2-6-33(46)40-16-4-5-23-20-43(38(50)42-36(23)48)34-14-10-26(59-34)21-58-65(54,55)63-66(56,57)62-64(51,52)53/h7-9,11-13,17-20,26,34,44-45H,1-3,6,10,14-16,21H2,(H,40,46)(H,41,47)(H,54,55)(H,56,57)(H,42,48,50)(H2,51,52,53)/t26-,34+/m0/s1. The number of phosphoric acid groups is 3. The third-order valence-electron chi connectivity index (χ3n) is 10.2. The molecule has 0 radical (unpaired) electrons. The summed E-state index contributed by atoms with van der Waals surface area (Å²) in [5.41, 5.74) is -1.72. The van der Waals surface area contributed by atoms with Gasteiger partial charge in [-0.1, -0.05) is 18.3 Å². The summed E-state index contributed by atoms with van der Waals surface area (Å²) in [6, 6.07) is 13.3. The molecule has 0 bridgehead atoms. The topological polar surface area (TPSA) is 358 Å². The molecule has 4 atom stereocenters. The number of fused-ring (bicyclic) bond motifs is 6. The molecule has 24 nitrogen and oxygen atoms in total. The molecule has 9 N–H and O–H groups in total. The van der Waals surface area contributed by atoms with Gasteiger partial charge in [0, 0.05) is 53.5 Å². The molecular weight excluding hydrogens is 937 g/mol. The number of phenolic OH excluding ortho intramolecular Hbond substituents is 2. The monoisotopic (exact) mass is 976 g/mol. The number of carbonyl (C=O) groups excluding carboxylic acids is 3. The lowest BCUT2D eigenvalue weighted by molar-refractivity contribution is -0.121. The lowest BCUT2D eigenvalue weighted by Gasteiger charge is -2.36. The zero-order valence-corrected chi connectivity index (χ0v) is 36.7. The van der Waals surface area contributed by atoms with E-state index in [1.54, 1.807) is 18.2 Å². The number of nitrogens with one attached hydrogen (secondary N) is 3. The first-order valence-electron chi connectivity index (χ1n) is 19.7. The van der Waals surface area contributed by atoms with Crippen molar-refractivity contribution in [2.24, 2.45) is 0 Å². The molecule has 0 aliphatic carbocycles. The summed E-state index contributed by atoms with van der Waals surface area (Å²) >= 11 is 0. The van der Waals surface area contributed by atoms with E-state index in [4.69, 9.17) is 24.0 Å². The van der Waals surface area contributed by atoms with Gasteiger partial charge in [0.25, 0.3) is 11.5 Å². The van der Waals surface area contributed by atoms with Crippen LogP contribution in [0.25, 0.3) is 0 Å². The highest BCUT2D eigenvalue weighted by Gasteiger charge is 2.54. The SMILES string of the molecule is O=C(CCCCCNC(=O)c1ccc2c(c1)C1(OC2=O)c2ccc(O)cc2Oc2cc(O)ccc21)NCC#Cc1cn([C@H]2CC[C@@H](COP(=O)(O)OP(=O)(O)OP(=O)(O)O)O2)c(=O)[nH]c1=O. The number of unbranched alkanes of at least 4 members (excludes halogenated alkanes) is 2. The average molecular weight is 977 g/mol. The first-order valence-corrected chi connectivity index (χ1v) is 24.2. The van der Waals surface area contributed by atoms with E-state index in [0.29, 0.717) is 36.0 Å². The van der Waals surface area contributed by atoms with Gasteiger partial charge in [-0.2, -0.15) is 8.62 Å². The number of phenols is 2. The summed E-state index contributed by atoms with van der Waals surface area (Å²) in [5, 5.41) is 25.8. The Kier molecular flexibility index (Phi) is 13.9. The van der Waals surface area contributed by atoms with Crippen LogP contribution in [-0.4, -0.2) is 82.9 Å². The number of esters is 1. The summed E-state index contributed by atoms with van der Waals surface area (Å²) < 4.78 is 64.9. The second-order valence-electron chi connectivity index (χ2n) is 14.8. The number of amides is 2. The lowest BCUT2D eigenvalue weighted by Crippen LogP contribution is -2.33. The lowest BCUT2D eigenvalue weighted by atomic mass is 9.77. The van der Waals surface area contributed by atoms with E-state index in [2.05, 4.69) is 40.6 Å². The summed E-state index contributed by atoms with van der Waals surface area (Å²) in [6.45, 7) is -0.608. The van der Waals surface area contributed by atoms with Crippen LogP contribution in [-0.2, 0) is 46.7 Å². The highest BCUT2D eigenvalue weighted by Crippen LogP contribution is 2.66. The molecule has 7 rings (SSSR count). The maximum atomic E-state index is 13.3. The van der Waals surface area contributed by atoms with Crippen LogP contribution in [0.5, 0.6) is 23.0 Å². The van der Waals surface area contributed by atoms with Crippen LogP contribution in [0.15, 0.2) is 70.4 Å². The molecule has 3 aliphatic rings. The van der Waals surface area contributed by atoms with Gasteiger partial charge in [0.05, 0.1) is 24.8 Å². The van der Waals surface area contributed by atoms with Gasteiger partial charge in [0.15, 0.2) is 5.60 Å². The first kappa shape index (κ1) is 48.0. The van der Waals surface area contributed by atoms with Crippen LogP contribution in [0.1, 0.15) is 87.7 Å². The number of hydrogen-bond donors (Lipinski definition) is 9. The number of rotatable bonds is 16. The number of nitrogens with zero attached hydrogens (tertiary/aromatic N) is 1. The van der Waals surface area contributed by atoms with Crippen LogP contribution in [0.4, 0.5) is 0 Å². The van der Waals surface area contributed by atoms with E-state index >= 15 is 0 Å². The van der Waals surface area contributed by atoms with Gasteiger partial charge in [-0.15, -0.1) is 0 Å². The number of carbonyl (C=O) groups is 3. The Hall–Kier alpha value is -5.92. The fourth-order valence-corrected chi connectivity index (χ4v) is 10.4. The third-order valence-corrected chi connectivity index (χ3v) is 14.0. The van der Waals surface area contributed by atoms with Gasteiger partial charge in [0.2, 0.25) is 5.91 Å². The number of H-pyrrole nitrogens is 1. The molecule has 1 spiro atoms. The van der Waals surface area contributed by atoms with Crippen molar-refractivity contribution in [1.82, 2.24) is 20.2 Å². The minimum atomic E-state index is -5.72. The Morgan fingerprint density at radius 1 is 0.848 bits per heavy atom. The molecule has 0 saturated carbocycles. The van der Waals surface area contributed by atoms with E-state index in [1.807, 2.05) is 0 Å². The zero-order chi connectivity index (χ0) is 47.6. The second kappa shape index (κ2) is 19.1. The van der Waals surface area contributed by atoms with Crippen LogP contribution in [0, 0.1) is 11.8 Å². The largest absolute Gasteiger partial charge is 0.508 e. The summed E-state index contributed by atoms with van der Waals surface area (Å²) in [4.78, 5) is 102. The summed E-state index contributed by atoms with van der Waals surface area (Å²) in [6.07, 6.45) is 1.06. The highest BCUT2D eigenvalue weighted by atomic mass is 31.3. The number of phosphoric ester groups is 1. The molecule has 66 heavy (non-hydrogen) atoms. The van der Waals surface area contributed by atoms with Crippen LogP contribution in [0.3, 0.4) is 0 Å². The average Bonchev–Trinajstić information content (AvgIpc) is 3.81. The molecule has 3 aromatic carbocycles. The van der Waals surface area contributed by atoms with Crippen LogP contribution in [0.2, 0.25) is 0 Å². The van der Waals surface area contributed by atoms with Crippen molar-refractivity contribution in [2.45, 2.75) is 56.5 Å². The number of ether oxygens (including phenoxy) is 3. The predicted octanol–water partition coefficient (Wildman–Crippen LogP) is 2.99. The summed E-state index contributed by atoms with van der Waals surface area (Å²) in [7, 11) is -16.7.